The molecule has 0 amide bonds. The molecule has 0 saturated carbocycles. The summed E-state index contributed by atoms with van der Waals surface area (Å²) < 4.78 is 30.8. The third kappa shape index (κ3) is 22.7. The average molecular weight is 591 g/mol. The molecular weight excluding hydrogens is 541 g/mol. The summed E-state index contributed by atoms with van der Waals surface area (Å²) in [6.45, 7) is 4.10. The van der Waals surface area contributed by atoms with Crippen molar-refractivity contribution in [2.75, 3.05) is 42.7 Å². The van der Waals surface area contributed by atoms with Crippen LogP contribution in [0.2, 0.25) is 0 Å². The van der Waals surface area contributed by atoms with Crippen molar-refractivity contribution in [1.82, 2.24) is 4.31 Å². The van der Waals surface area contributed by atoms with E-state index in [-0.39, 0.29) is 5.92 Å². The number of thioether (sulfide) groups is 1. The van der Waals surface area contributed by atoms with Gasteiger partial charge in [0.25, 0.3) is 0 Å². The van der Waals surface area contributed by atoms with Gasteiger partial charge in [0.15, 0.2) is 0 Å². The zero-order valence-electron chi connectivity index (χ0n) is 20.3. The van der Waals surface area contributed by atoms with Gasteiger partial charge < -0.3 is 9.29 Å². The molecule has 0 heterocycles. The standard InChI is InChI=1S/C24H50INO3S2/c1-3-4-5-6-7-8-9-10-11-12-13-14-15-16-20-30-23-24(22-29-2)21-26(31(27)28)19-17-18-25/h24H,3-23H2,1-2H3,(H,27,28)/p-1. The van der Waals surface area contributed by atoms with Gasteiger partial charge in [-0.05, 0) is 24.3 Å². The van der Waals surface area contributed by atoms with Crippen molar-refractivity contribution in [3.63, 3.8) is 0 Å². The Hall–Kier alpha value is 1.11. The highest BCUT2D eigenvalue weighted by Gasteiger charge is 2.15. The summed E-state index contributed by atoms with van der Waals surface area (Å²) in [4.78, 5) is 0. The highest BCUT2D eigenvalue weighted by molar-refractivity contribution is 14.1. The SMILES string of the molecule is CCCCCCCCCCCCCCCCSCC(COC)CN(CCCI)S(=O)[O-]. The van der Waals surface area contributed by atoms with E-state index in [4.69, 9.17) is 4.74 Å². The molecule has 0 aromatic heterocycles. The van der Waals surface area contributed by atoms with Gasteiger partial charge in [-0.25, -0.2) is 4.31 Å². The topological polar surface area (TPSA) is 52.6 Å². The predicted molar refractivity (Wildman–Crippen MR) is 147 cm³/mol. The summed E-state index contributed by atoms with van der Waals surface area (Å²) in [5.74, 6) is 2.42. The van der Waals surface area contributed by atoms with Gasteiger partial charge in [0, 0.05) is 41.8 Å². The van der Waals surface area contributed by atoms with Crippen LogP contribution < -0.4 is 0 Å². The molecule has 0 spiro atoms. The number of hydrogen-bond acceptors (Lipinski definition) is 4. The van der Waals surface area contributed by atoms with Crippen LogP contribution in [0.3, 0.4) is 0 Å². The predicted octanol–water partition coefficient (Wildman–Crippen LogP) is 7.38. The zero-order chi connectivity index (χ0) is 23.0. The number of nitrogens with zero attached hydrogens (tertiary/aromatic N) is 1. The van der Waals surface area contributed by atoms with Gasteiger partial charge in [-0.2, -0.15) is 11.8 Å². The molecule has 2 unspecified atom stereocenters. The molecule has 0 rings (SSSR count). The molecule has 7 heteroatoms. The fraction of sp³-hybridized carbons (Fsp3) is 1.00. The molecule has 4 nitrogen and oxygen atoms in total. The minimum Gasteiger partial charge on any atom is -0.760 e. The van der Waals surface area contributed by atoms with Gasteiger partial charge >= 0.3 is 0 Å². The molecule has 0 N–H and O–H groups in total. The molecule has 31 heavy (non-hydrogen) atoms. The number of methoxy groups -OCH3 is 1. The van der Waals surface area contributed by atoms with Crippen LogP contribution in [0.5, 0.6) is 0 Å². The molecule has 0 saturated heterocycles. The molecule has 2 atom stereocenters. The smallest absolute Gasteiger partial charge is 0.0511 e. The van der Waals surface area contributed by atoms with Crippen molar-refractivity contribution in [2.24, 2.45) is 5.92 Å². The molecule has 0 bridgehead atoms. The van der Waals surface area contributed by atoms with E-state index < -0.39 is 11.3 Å². The molecule has 0 radical (unpaired) electrons. The second-order valence-corrected chi connectivity index (χ2v) is 11.8. The Bertz CT molecular complexity index is 392. The third-order valence-electron chi connectivity index (χ3n) is 5.61. The zero-order valence-corrected chi connectivity index (χ0v) is 24.1. The summed E-state index contributed by atoms with van der Waals surface area (Å²) in [6, 6.07) is 0. The number of alkyl halides is 1. The second kappa shape index (κ2) is 25.7. The lowest BCUT2D eigenvalue weighted by Gasteiger charge is -2.28. The first-order valence-corrected chi connectivity index (χ1v) is 16.3. The monoisotopic (exact) mass is 590 g/mol. The van der Waals surface area contributed by atoms with Crippen LogP contribution in [0.25, 0.3) is 0 Å². The van der Waals surface area contributed by atoms with Crippen LogP contribution >= 0.6 is 34.4 Å². The van der Waals surface area contributed by atoms with E-state index in [0.29, 0.717) is 19.7 Å². The number of hydrogen-bond donors (Lipinski definition) is 0. The summed E-state index contributed by atoms with van der Waals surface area (Å²) >= 11 is 2.11. The van der Waals surface area contributed by atoms with Gasteiger partial charge in [-0.1, -0.05) is 113 Å². The van der Waals surface area contributed by atoms with Gasteiger partial charge in [-0.3, -0.25) is 4.21 Å². The van der Waals surface area contributed by atoms with Crippen LogP contribution in [0, 0.1) is 5.92 Å². The van der Waals surface area contributed by atoms with E-state index in [9.17, 15) is 8.76 Å². The van der Waals surface area contributed by atoms with Gasteiger partial charge in [0.2, 0.25) is 0 Å². The number of unbranched alkanes of at least 4 members (excludes halogenated alkanes) is 13. The maximum absolute atomic E-state index is 11.4. The van der Waals surface area contributed by atoms with Crippen molar-refractivity contribution in [2.45, 2.75) is 103 Å². The number of ether oxygens (including phenoxy) is 1. The first kappa shape index (κ1) is 32.1. The Morgan fingerprint density at radius 2 is 1.42 bits per heavy atom. The number of rotatable bonds is 25. The number of halogens is 1. The molecule has 0 aliphatic carbocycles. The summed E-state index contributed by atoms with van der Waals surface area (Å²) in [6.07, 6.45) is 20.4. The summed E-state index contributed by atoms with van der Waals surface area (Å²) in [7, 11) is 1.70. The van der Waals surface area contributed by atoms with Crippen molar-refractivity contribution in [3.8, 4) is 0 Å². The van der Waals surface area contributed by atoms with E-state index >= 15 is 0 Å². The van der Waals surface area contributed by atoms with E-state index in [2.05, 4.69) is 29.5 Å². The molecule has 0 aromatic rings. The first-order valence-electron chi connectivity index (χ1n) is 12.6. The molecule has 0 aliphatic rings. The van der Waals surface area contributed by atoms with Crippen molar-refractivity contribution in [1.29, 1.82) is 0 Å². The van der Waals surface area contributed by atoms with Crippen LogP contribution in [-0.4, -0.2) is 55.8 Å². The van der Waals surface area contributed by atoms with Crippen LogP contribution in [0.1, 0.15) is 103 Å². The second-order valence-electron chi connectivity index (χ2n) is 8.64. The Labute approximate surface area is 214 Å². The minimum absolute atomic E-state index is 0.272. The average Bonchev–Trinajstić information content (AvgIpc) is 2.75. The third-order valence-corrected chi connectivity index (χ3v) is 8.41. The molecular formula is C24H49INO3S2-. The Morgan fingerprint density at radius 1 is 0.903 bits per heavy atom. The minimum atomic E-state index is -2.13. The van der Waals surface area contributed by atoms with Crippen molar-refractivity contribution >= 4 is 45.6 Å². The Kier molecular flexibility index (Phi) is 26.6. The summed E-state index contributed by atoms with van der Waals surface area (Å²) in [5, 5.41) is 0. The highest BCUT2D eigenvalue weighted by Crippen LogP contribution is 2.16. The lowest BCUT2D eigenvalue weighted by Crippen LogP contribution is -2.35. The van der Waals surface area contributed by atoms with Crippen molar-refractivity contribution < 1.29 is 13.5 Å². The van der Waals surface area contributed by atoms with E-state index in [1.54, 1.807) is 11.4 Å². The molecule has 0 fully saturated rings. The molecule has 0 aromatic carbocycles. The fourth-order valence-corrected chi connectivity index (χ4v) is 5.85. The van der Waals surface area contributed by atoms with E-state index in [0.717, 1.165) is 16.6 Å². The highest BCUT2D eigenvalue weighted by atomic mass is 127. The van der Waals surface area contributed by atoms with Crippen molar-refractivity contribution in [3.05, 3.63) is 0 Å². The van der Waals surface area contributed by atoms with E-state index in [1.165, 1.54) is 95.6 Å². The Balaban J connectivity index is 3.58. The summed E-state index contributed by atoms with van der Waals surface area (Å²) in [5.41, 5.74) is 0. The maximum Gasteiger partial charge on any atom is 0.0511 e. The fourth-order valence-electron chi connectivity index (χ4n) is 3.79. The first-order chi connectivity index (χ1) is 15.2. The maximum atomic E-state index is 11.4. The van der Waals surface area contributed by atoms with Crippen LogP contribution in [-0.2, 0) is 16.0 Å². The lowest BCUT2D eigenvalue weighted by molar-refractivity contribution is 0.149. The molecule has 0 aliphatic heterocycles. The van der Waals surface area contributed by atoms with Gasteiger partial charge in [-0.15, -0.1) is 0 Å². The quantitative estimate of drug-likeness (QED) is 0.0482. The largest absolute Gasteiger partial charge is 0.760 e. The van der Waals surface area contributed by atoms with Gasteiger partial charge in [0.05, 0.1) is 6.61 Å². The van der Waals surface area contributed by atoms with Gasteiger partial charge in [0.1, 0.15) is 0 Å². The normalized spacial score (nSPS) is 13.7. The van der Waals surface area contributed by atoms with Crippen LogP contribution in [0.15, 0.2) is 0 Å². The molecule has 188 valence electrons. The van der Waals surface area contributed by atoms with E-state index in [1.807, 2.05) is 11.8 Å². The Morgan fingerprint density at radius 3 is 1.87 bits per heavy atom. The lowest BCUT2D eigenvalue weighted by atomic mass is 10.0. The van der Waals surface area contributed by atoms with Crippen LogP contribution in [0.4, 0.5) is 0 Å².